The number of aromatic hydroxyl groups is 3. The van der Waals surface area contributed by atoms with Gasteiger partial charge in [0.05, 0.1) is 12.7 Å². The van der Waals surface area contributed by atoms with Gasteiger partial charge in [-0.1, -0.05) is 0 Å². The summed E-state index contributed by atoms with van der Waals surface area (Å²) >= 11 is 0. The molecular weight excluding hydrogens is 564 g/mol. The lowest BCUT2D eigenvalue weighted by atomic mass is 9.98. The Balaban J connectivity index is 1.46. The molecule has 0 amide bonds. The van der Waals surface area contributed by atoms with Gasteiger partial charge in [0.15, 0.2) is 12.1 Å². The average molecular weight is 595 g/mol. The zero-order valence-corrected chi connectivity index (χ0v) is 21.9. The summed E-state index contributed by atoms with van der Waals surface area (Å²) in [6.45, 7) is 0.866. The van der Waals surface area contributed by atoms with Crippen molar-refractivity contribution in [2.24, 2.45) is 0 Å². The second kappa shape index (κ2) is 11.6. The molecule has 15 heteroatoms. The first-order valence-electron chi connectivity index (χ1n) is 12.9. The first-order valence-corrected chi connectivity index (χ1v) is 12.9. The van der Waals surface area contributed by atoms with Crippen LogP contribution in [0.1, 0.15) is 6.92 Å². The summed E-state index contributed by atoms with van der Waals surface area (Å²) in [6, 6.07) is 7.33. The molecule has 1 aromatic heterocycles. The van der Waals surface area contributed by atoms with Crippen LogP contribution in [0.4, 0.5) is 0 Å². The fourth-order valence-corrected chi connectivity index (χ4v) is 4.79. The Morgan fingerprint density at radius 3 is 2.10 bits per heavy atom. The van der Waals surface area contributed by atoms with Crippen LogP contribution >= 0.6 is 0 Å². The molecule has 0 saturated carbocycles. The molecule has 0 radical (unpaired) electrons. The minimum atomic E-state index is -1.92. The number of phenols is 3. The van der Waals surface area contributed by atoms with Crippen molar-refractivity contribution in [3.8, 4) is 34.3 Å². The molecule has 0 unspecified atom stereocenters. The van der Waals surface area contributed by atoms with E-state index < -0.39 is 90.7 Å². The van der Waals surface area contributed by atoms with Crippen molar-refractivity contribution in [2.75, 3.05) is 6.61 Å². The van der Waals surface area contributed by atoms with Gasteiger partial charge < -0.3 is 69.3 Å². The van der Waals surface area contributed by atoms with Crippen LogP contribution < -0.4 is 10.2 Å². The molecule has 10 atom stereocenters. The van der Waals surface area contributed by atoms with Gasteiger partial charge in [0, 0.05) is 17.7 Å². The maximum atomic E-state index is 13.5. The predicted octanol–water partition coefficient (Wildman–Crippen LogP) is -1.39. The molecule has 9 N–H and O–H groups in total. The number of benzene rings is 2. The lowest BCUT2D eigenvalue weighted by Gasteiger charge is -2.42. The number of hydrogen-bond acceptors (Lipinski definition) is 15. The van der Waals surface area contributed by atoms with Crippen molar-refractivity contribution in [3.05, 3.63) is 46.6 Å². The van der Waals surface area contributed by atoms with Gasteiger partial charge in [0.1, 0.15) is 70.9 Å². The molecule has 42 heavy (non-hydrogen) atoms. The molecule has 3 aromatic rings. The van der Waals surface area contributed by atoms with Crippen LogP contribution in [-0.2, 0) is 14.2 Å². The van der Waals surface area contributed by atoms with Crippen LogP contribution in [0.3, 0.4) is 0 Å². The van der Waals surface area contributed by atoms with Gasteiger partial charge in [-0.3, -0.25) is 4.79 Å². The SMILES string of the molecule is C[C@@H]1O[C@H](OC[C@H]2O[C@@H](Oc3c(-c4ccc(O)cc4)oc4cc(O)cc(O)c4c3=O)[C@H](O)[C@@H](O)[C@H]2O)[C@H](O)[C@H](O)[C@H]1O. The highest BCUT2D eigenvalue weighted by Gasteiger charge is 2.47. The smallest absolute Gasteiger partial charge is 0.239 e. The van der Waals surface area contributed by atoms with Gasteiger partial charge in [-0.15, -0.1) is 0 Å². The Morgan fingerprint density at radius 2 is 1.40 bits per heavy atom. The van der Waals surface area contributed by atoms with Crippen LogP contribution in [0.25, 0.3) is 22.3 Å². The highest BCUT2D eigenvalue weighted by Crippen LogP contribution is 2.37. The molecule has 228 valence electrons. The average Bonchev–Trinajstić information content (AvgIpc) is 2.95. The van der Waals surface area contributed by atoms with Crippen molar-refractivity contribution < 1.29 is 69.3 Å². The quantitative estimate of drug-likeness (QED) is 0.159. The summed E-state index contributed by atoms with van der Waals surface area (Å²) in [5, 5.41) is 91.4. The van der Waals surface area contributed by atoms with Crippen LogP contribution in [0.15, 0.2) is 45.6 Å². The first-order chi connectivity index (χ1) is 19.9. The van der Waals surface area contributed by atoms with Gasteiger partial charge >= 0.3 is 0 Å². The number of phenolic OH excluding ortho intramolecular Hbond substituents is 3. The minimum absolute atomic E-state index is 0.103. The van der Waals surface area contributed by atoms with Gasteiger partial charge in [-0.2, -0.15) is 0 Å². The van der Waals surface area contributed by atoms with E-state index in [0.717, 1.165) is 12.1 Å². The van der Waals surface area contributed by atoms with E-state index in [4.69, 9.17) is 23.4 Å². The summed E-state index contributed by atoms with van der Waals surface area (Å²) < 4.78 is 28.0. The second-order valence-corrected chi connectivity index (χ2v) is 10.1. The van der Waals surface area contributed by atoms with E-state index in [1.54, 1.807) is 0 Å². The summed E-state index contributed by atoms with van der Waals surface area (Å²) in [4.78, 5) is 13.5. The highest BCUT2D eigenvalue weighted by atomic mass is 16.7. The summed E-state index contributed by atoms with van der Waals surface area (Å²) in [5.41, 5.74) is -0.956. The molecule has 2 aliphatic rings. The highest BCUT2D eigenvalue weighted by molar-refractivity contribution is 5.88. The third-order valence-corrected chi connectivity index (χ3v) is 7.18. The Bertz CT molecular complexity index is 1470. The number of aliphatic hydroxyl groups excluding tert-OH is 6. The van der Waals surface area contributed by atoms with Crippen molar-refractivity contribution in [1.82, 2.24) is 0 Å². The minimum Gasteiger partial charge on any atom is -0.508 e. The van der Waals surface area contributed by atoms with Gasteiger partial charge in [-0.05, 0) is 31.2 Å². The van der Waals surface area contributed by atoms with Crippen LogP contribution in [0.2, 0.25) is 0 Å². The van der Waals surface area contributed by atoms with E-state index in [-0.39, 0.29) is 28.0 Å². The largest absolute Gasteiger partial charge is 0.508 e. The molecule has 0 bridgehead atoms. The molecule has 5 rings (SSSR count). The zero-order valence-electron chi connectivity index (χ0n) is 21.9. The molecule has 3 heterocycles. The standard InChI is InChI=1S/C27H30O15/c1-9-17(31)20(34)22(36)26(39-9)38-8-15-18(32)21(35)23(37)27(41-15)42-25-19(33)16-13(30)6-12(29)7-14(16)40-24(25)10-2-4-11(28)5-3-10/h2-7,9,15,17-18,20-23,26-32,34-37H,8H2,1H3/t9-,15+,17-,18-,20+,21-,22+,23+,26-,27-/m0/s1. The summed E-state index contributed by atoms with van der Waals surface area (Å²) in [5.74, 6) is -1.97. The lowest BCUT2D eigenvalue weighted by molar-refractivity contribution is -0.318. The lowest BCUT2D eigenvalue weighted by Crippen LogP contribution is -2.61. The normalized spacial score (nSPS) is 33.5. The van der Waals surface area contributed by atoms with E-state index in [1.807, 2.05) is 0 Å². The van der Waals surface area contributed by atoms with E-state index in [9.17, 15) is 50.8 Å². The number of hydrogen-bond donors (Lipinski definition) is 9. The Kier molecular flexibility index (Phi) is 8.30. The molecule has 2 aliphatic heterocycles. The maximum Gasteiger partial charge on any atom is 0.239 e. The Hall–Kier alpha value is -3.51. The van der Waals surface area contributed by atoms with Crippen molar-refractivity contribution in [3.63, 3.8) is 0 Å². The fourth-order valence-electron chi connectivity index (χ4n) is 4.79. The molecule has 2 aromatic carbocycles. The maximum absolute atomic E-state index is 13.5. The van der Waals surface area contributed by atoms with Crippen LogP contribution in [0, 0.1) is 0 Å². The van der Waals surface area contributed by atoms with Crippen LogP contribution in [0.5, 0.6) is 23.0 Å². The topological polar surface area (TPSA) is 249 Å². The number of fused-ring (bicyclic) bond motifs is 1. The number of aliphatic hydroxyl groups is 6. The van der Waals surface area contributed by atoms with Crippen molar-refractivity contribution in [1.29, 1.82) is 0 Å². The summed E-state index contributed by atoms with van der Waals surface area (Å²) in [7, 11) is 0. The van der Waals surface area contributed by atoms with Crippen molar-refractivity contribution in [2.45, 2.75) is 68.3 Å². The van der Waals surface area contributed by atoms with E-state index >= 15 is 0 Å². The molecule has 2 fully saturated rings. The van der Waals surface area contributed by atoms with E-state index in [2.05, 4.69) is 0 Å². The second-order valence-electron chi connectivity index (χ2n) is 10.1. The molecule has 0 aliphatic carbocycles. The third kappa shape index (κ3) is 5.49. The molecule has 0 spiro atoms. The van der Waals surface area contributed by atoms with Gasteiger partial charge in [-0.25, -0.2) is 0 Å². The fraction of sp³-hybridized carbons (Fsp3) is 0.444. The number of rotatable bonds is 6. The molecular formula is C27H30O15. The monoisotopic (exact) mass is 594 g/mol. The third-order valence-electron chi connectivity index (χ3n) is 7.18. The van der Waals surface area contributed by atoms with E-state index in [0.29, 0.717) is 0 Å². The molecule has 2 saturated heterocycles. The van der Waals surface area contributed by atoms with Gasteiger partial charge in [0.2, 0.25) is 17.5 Å². The number of ether oxygens (including phenoxy) is 4. The first kappa shape index (κ1) is 30.0. The Morgan fingerprint density at radius 1 is 0.762 bits per heavy atom. The molecule has 15 nitrogen and oxygen atoms in total. The predicted molar refractivity (Wildman–Crippen MR) is 139 cm³/mol. The van der Waals surface area contributed by atoms with Crippen LogP contribution in [-0.4, -0.2) is 114 Å². The van der Waals surface area contributed by atoms with Crippen molar-refractivity contribution >= 4 is 11.0 Å². The summed E-state index contributed by atoms with van der Waals surface area (Å²) in [6.07, 6.45) is -15.8. The van der Waals surface area contributed by atoms with Gasteiger partial charge in [0.25, 0.3) is 0 Å². The van der Waals surface area contributed by atoms with E-state index in [1.165, 1.54) is 31.2 Å². The Labute approximate surface area is 236 Å². The zero-order chi connectivity index (χ0) is 30.5.